The molecule has 0 radical (unpaired) electrons. The van der Waals surface area contributed by atoms with Gasteiger partial charge in [-0.25, -0.2) is 4.79 Å². The summed E-state index contributed by atoms with van der Waals surface area (Å²) in [5, 5.41) is 3.37. The van der Waals surface area contributed by atoms with Gasteiger partial charge in [0.25, 0.3) is 0 Å². The van der Waals surface area contributed by atoms with E-state index in [2.05, 4.69) is 5.32 Å². The Morgan fingerprint density at radius 3 is 2.67 bits per heavy atom. The lowest BCUT2D eigenvalue weighted by Crippen LogP contribution is -2.43. The van der Waals surface area contributed by atoms with Gasteiger partial charge in [-0.3, -0.25) is 4.79 Å². The van der Waals surface area contributed by atoms with Crippen molar-refractivity contribution in [2.45, 2.75) is 25.0 Å². The van der Waals surface area contributed by atoms with E-state index in [0.717, 1.165) is 13.0 Å². The Morgan fingerprint density at radius 1 is 1.19 bits per heavy atom. The molecule has 5 heteroatoms. The van der Waals surface area contributed by atoms with Crippen molar-refractivity contribution in [3.05, 3.63) is 35.9 Å². The van der Waals surface area contributed by atoms with Crippen LogP contribution in [0.1, 0.15) is 23.2 Å². The van der Waals surface area contributed by atoms with E-state index in [1.807, 2.05) is 6.07 Å². The topological polar surface area (TPSA) is 64.6 Å². The average Bonchev–Trinajstić information content (AvgIpc) is 2.89. The number of methoxy groups -OCH3 is 1. The van der Waals surface area contributed by atoms with Crippen LogP contribution in [0.4, 0.5) is 0 Å². The maximum absolute atomic E-state index is 12.2. The lowest BCUT2D eigenvalue weighted by molar-refractivity contribution is -0.153. The molecule has 4 unspecified atom stereocenters. The molecular formula is C16H19NO4. The Balaban J connectivity index is 1.76. The van der Waals surface area contributed by atoms with E-state index in [1.165, 1.54) is 7.11 Å². The van der Waals surface area contributed by atoms with Crippen molar-refractivity contribution in [3.63, 3.8) is 0 Å². The Bertz CT molecular complexity index is 530. The van der Waals surface area contributed by atoms with Gasteiger partial charge in [0.2, 0.25) is 0 Å². The minimum absolute atomic E-state index is 0.185. The molecule has 0 amide bonds. The zero-order valence-corrected chi connectivity index (χ0v) is 12.0. The molecule has 1 aromatic rings. The monoisotopic (exact) mass is 289 g/mol. The van der Waals surface area contributed by atoms with Crippen LogP contribution in [0.15, 0.2) is 30.3 Å². The SMILES string of the molecule is COC(=O)C1C2CNC(C2)CC1OC(=O)c1ccccc1. The molecule has 112 valence electrons. The molecule has 3 rings (SSSR count). The van der Waals surface area contributed by atoms with Crippen molar-refractivity contribution >= 4 is 11.9 Å². The molecule has 1 N–H and O–H groups in total. The molecule has 1 saturated carbocycles. The maximum atomic E-state index is 12.2. The maximum Gasteiger partial charge on any atom is 0.338 e. The summed E-state index contributed by atoms with van der Waals surface area (Å²) in [6.45, 7) is 0.782. The third kappa shape index (κ3) is 2.78. The number of carbonyl (C=O) groups excluding carboxylic acids is 2. The molecule has 2 aliphatic rings. The average molecular weight is 289 g/mol. The predicted molar refractivity (Wildman–Crippen MR) is 75.7 cm³/mol. The highest BCUT2D eigenvalue weighted by atomic mass is 16.6. The lowest BCUT2D eigenvalue weighted by atomic mass is 9.78. The second-order valence-electron chi connectivity index (χ2n) is 5.70. The quantitative estimate of drug-likeness (QED) is 0.852. The third-order valence-corrected chi connectivity index (χ3v) is 4.42. The van der Waals surface area contributed by atoms with Crippen molar-refractivity contribution in [3.8, 4) is 0 Å². The number of carbonyl (C=O) groups is 2. The molecule has 4 atom stereocenters. The largest absolute Gasteiger partial charge is 0.469 e. The minimum Gasteiger partial charge on any atom is -0.469 e. The highest BCUT2D eigenvalue weighted by Gasteiger charge is 2.47. The summed E-state index contributed by atoms with van der Waals surface area (Å²) in [6, 6.07) is 9.18. The highest BCUT2D eigenvalue weighted by molar-refractivity contribution is 5.89. The molecule has 1 heterocycles. The van der Waals surface area contributed by atoms with E-state index in [1.54, 1.807) is 24.3 Å². The van der Waals surface area contributed by atoms with Gasteiger partial charge < -0.3 is 14.8 Å². The summed E-state index contributed by atoms with van der Waals surface area (Å²) in [5.74, 6) is -0.845. The van der Waals surface area contributed by atoms with E-state index in [-0.39, 0.29) is 23.8 Å². The van der Waals surface area contributed by atoms with Gasteiger partial charge in [0, 0.05) is 12.5 Å². The van der Waals surface area contributed by atoms with Crippen molar-refractivity contribution in [2.24, 2.45) is 11.8 Å². The number of fused-ring (bicyclic) bond motifs is 2. The van der Waals surface area contributed by atoms with Crippen LogP contribution in [0.25, 0.3) is 0 Å². The standard InChI is InChI=1S/C16H19NO4/c1-20-16(19)14-11-7-12(17-9-11)8-13(14)21-15(18)10-5-3-2-4-6-10/h2-6,11-14,17H,7-9H2,1H3. The molecular weight excluding hydrogens is 270 g/mol. The fourth-order valence-electron chi connectivity index (χ4n) is 3.42. The van der Waals surface area contributed by atoms with Crippen LogP contribution < -0.4 is 5.32 Å². The summed E-state index contributed by atoms with van der Waals surface area (Å²) in [4.78, 5) is 24.3. The summed E-state index contributed by atoms with van der Waals surface area (Å²) >= 11 is 0. The molecule has 1 aliphatic carbocycles. The first kappa shape index (κ1) is 14.1. The fourth-order valence-corrected chi connectivity index (χ4v) is 3.42. The number of rotatable bonds is 3. The van der Waals surface area contributed by atoms with Crippen LogP contribution >= 0.6 is 0 Å². The van der Waals surface area contributed by atoms with Crippen LogP contribution in [0.2, 0.25) is 0 Å². The lowest BCUT2D eigenvalue weighted by Gasteiger charge is -2.33. The second kappa shape index (κ2) is 5.85. The molecule has 5 nitrogen and oxygen atoms in total. The summed E-state index contributed by atoms with van der Waals surface area (Å²) < 4.78 is 10.5. The van der Waals surface area contributed by atoms with Gasteiger partial charge in [0.1, 0.15) is 6.10 Å². The van der Waals surface area contributed by atoms with Crippen LogP contribution in [0.3, 0.4) is 0 Å². The van der Waals surface area contributed by atoms with Gasteiger partial charge in [-0.1, -0.05) is 18.2 Å². The predicted octanol–water partition coefficient (Wildman–Crippen LogP) is 1.38. The Morgan fingerprint density at radius 2 is 1.95 bits per heavy atom. The zero-order chi connectivity index (χ0) is 14.8. The Kier molecular flexibility index (Phi) is 3.92. The van der Waals surface area contributed by atoms with E-state index in [4.69, 9.17) is 9.47 Å². The van der Waals surface area contributed by atoms with Crippen LogP contribution in [0, 0.1) is 11.8 Å². The van der Waals surface area contributed by atoms with Gasteiger partial charge in [-0.15, -0.1) is 0 Å². The van der Waals surface area contributed by atoms with Crippen LogP contribution in [-0.2, 0) is 14.3 Å². The first-order valence-electron chi connectivity index (χ1n) is 7.26. The fraction of sp³-hybridized carbons (Fsp3) is 0.500. The summed E-state index contributed by atoms with van der Waals surface area (Å²) in [7, 11) is 1.38. The number of nitrogens with one attached hydrogen (secondary N) is 1. The van der Waals surface area contributed by atoms with Crippen molar-refractivity contribution in [1.29, 1.82) is 0 Å². The summed E-state index contributed by atoms with van der Waals surface area (Å²) in [5.41, 5.74) is 0.506. The van der Waals surface area contributed by atoms with Crippen molar-refractivity contribution in [2.75, 3.05) is 13.7 Å². The molecule has 21 heavy (non-hydrogen) atoms. The molecule has 2 bridgehead atoms. The van der Waals surface area contributed by atoms with Gasteiger partial charge in [-0.2, -0.15) is 0 Å². The van der Waals surface area contributed by atoms with E-state index in [9.17, 15) is 9.59 Å². The molecule has 1 aliphatic heterocycles. The van der Waals surface area contributed by atoms with Gasteiger partial charge in [-0.05, 0) is 31.0 Å². The van der Waals surface area contributed by atoms with Crippen LogP contribution in [-0.4, -0.2) is 37.7 Å². The normalized spacial score (nSPS) is 30.7. The minimum atomic E-state index is -0.413. The number of esters is 2. The Hall–Kier alpha value is -1.88. The number of hydrogen-bond donors (Lipinski definition) is 1. The number of ether oxygens (including phenoxy) is 2. The molecule has 1 aromatic carbocycles. The van der Waals surface area contributed by atoms with E-state index < -0.39 is 6.10 Å². The second-order valence-corrected chi connectivity index (χ2v) is 5.70. The molecule has 1 saturated heterocycles. The molecule has 0 spiro atoms. The van der Waals surface area contributed by atoms with Gasteiger partial charge in [0.15, 0.2) is 0 Å². The van der Waals surface area contributed by atoms with Crippen molar-refractivity contribution < 1.29 is 19.1 Å². The van der Waals surface area contributed by atoms with Crippen LogP contribution in [0.5, 0.6) is 0 Å². The first-order chi connectivity index (χ1) is 10.2. The van der Waals surface area contributed by atoms with E-state index >= 15 is 0 Å². The Labute approximate surface area is 123 Å². The number of hydrogen-bond acceptors (Lipinski definition) is 5. The van der Waals surface area contributed by atoms with Gasteiger partial charge in [0.05, 0.1) is 18.6 Å². The summed E-state index contributed by atoms with van der Waals surface area (Å²) in [6.07, 6.45) is 1.19. The molecule has 2 fully saturated rings. The zero-order valence-electron chi connectivity index (χ0n) is 12.0. The van der Waals surface area contributed by atoms with Gasteiger partial charge >= 0.3 is 11.9 Å². The first-order valence-corrected chi connectivity index (χ1v) is 7.26. The highest BCUT2D eigenvalue weighted by Crippen LogP contribution is 2.37. The molecule has 0 aromatic heterocycles. The number of benzene rings is 1. The van der Waals surface area contributed by atoms with E-state index in [0.29, 0.717) is 18.0 Å². The third-order valence-electron chi connectivity index (χ3n) is 4.42. The van der Waals surface area contributed by atoms with Crippen molar-refractivity contribution in [1.82, 2.24) is 5.32 Å². The smallest absolute Gasteiger partial charge is 0.338 e.